The summed E-state index contributed by atoms with van der Waals surface area (Å²) in [5.41, 5.74) is 7.00. The highest BCUT2D eigenvalue weighted by molar-refractivity contribution is 7.98. The van der Waals surface area contributed by atoms with Crippen molar-refractivity contribution in [3.63, 3.8) is 0 Å². The molecule has 2 heterocycles. The first-order valence-corrected chi connectivity index (χ1v) is 5.97. The molecular formula is C8H8N4OS2. The Labute approximate surface area is 93.8 Å². The maximum atomic E-state index is 11.1. The largest absolute Gasteiger partial charge is 0.383 e. The highest BCUT2D eigenvalue weighted by Gasteiger charge is 2.01. The second-order valence-electron chi connectivity index (χ2n) is 2.73. The molecule has 0 spiro atoms. The summed E-state index contributed by atoms with van der Waals surface area (Å²) in [6, 6.07) is 1.26. The summed E-state index contributed by atoms with van der Waals surface area (Å²) in [6.45, 7) is 0. The lowest BCUT2D eigenvalue weighted by Crippen LogP contribution is -2.09. The van der Waals surface area contributed by atoms with Crippen molar-refractivity contribution in [3.8, 4) is 0 Å². The lowest BCUT2D eigenvalue weighted by atomic mass is 10.6. The van der Waals surface area contributed by atoms with Crippen LogP contribution in [0.1, 0.15) is 4.88 Å². The molecule has 78 valence electrons. The van der Waals surface area contributed by atoms with E-state index < -0.39 is 0 Å². The minimum Gasteiger partial charge on any atom is -0.383 e. The van der Waals surface area contributed by atoms with Crippen molar-refractivity contribution in [2.45, 2.75) is 10.9 Å². The van der Waals surface area contributed by atoms with Gasteiger partial charge in [-0.05, 0) is 0 Å². The van der Waals surface area contributed by atoms with Crippen LogP contribution in [0.4, 0.5) is 5.82 Å². The van der Waals surface area contributed by atoms with Gasteiger partial charge < -0.3 is 10.7 Å². The van der Waals surface area contributed by atoms with Gasteiger partial charge in [-0.2, -0.15) is 0 Å². The molecule has 0 aliphatic heterocycles. The van der Waals surface area contributed by atoms with Gasteiger partial charge in [-0.3, -0.25) is 9.78 Å². The van der Waals surface area contributed by atoms with E-state index in [9.17, 15) is 4.79 Å². The van der Waals surface area contributed by atoms with E-state index in [4.69, 9.17) is 5.73 Å². The number of H-pyrrole nitrogens is 1. The zero-order valence-electron chi connectivity index (χ0n) is 7.64. The third kappa shape index (κ3) is 2.80. The average molecular weight is 240 g/mol. The molecular weight excluding hydrogens is 232 g/mol. The van der Waals surface area contributed by atoms with Crippen molar-refractivity contribution >= 4 is 28.9 Å². The highest BCUT2D eigenvalue weighted by atomic mass is 32.2. The van der Waals surface area contributed by atoms with Crippen LogP contribution in [0.5, 0.6) is 0 Å². The number of nitrogens with zero attached hydrogens (tertiary/aromatic N) is 2. The Balaban J connectivity index is 2.08. The van der Waals surface area contributed by atoms with E-state index in [1.54, 1.807) is 23.0 Å². The van der Waals surface area contributed by atoms with E-state index in [1.807, 2.05) is 0 Å². The monoisotopic (exact) mass is 240 g/mol. The number of hydrogen-bond acceptors (Lipinski definition) is 6. The smallest absolute Gasteiger partial charge is 0.253 e. The van der Waals surface area contributed by atoms with Gasteiger partial charge in [0, 0.05) is 22.9 Å². The summed E-state index contributed by atoms with van der Waals surface area (Å²) in [5.74, 6) is 0.974. The van der Waals surface area contributed by atoms with Crippen molar-refractivity contribution in [1.29, 1.82) is 0 Å². The molecule has 0 aliphatic rings. The minimum atomic E-state index is -0.227. The molecule has 2 aromatic rings. The van der Waals surface area contributed by atoms with Crippen LogP contribution in [0.2, 0.25) is 0 Å². The van der Waals surface area contributed by atoms with E-state index in [0.717, 1.165) is 10.6 Å². The number of nitrogen functional groups attached to an aromatic ring is 1. The van der Waals surface area contributed by atoms with E-state index in [-0.39, 0.29) is 11.4 Å². The van der Waals surface area contributed by atoms with E-state index >= 15 is 0 Å². The predicted molar refractivity (Wildman–Crippen MR) is 60.9 cm³/mol. The molecule has 0 saturated heterocycles. The average Bonchev–Trinajstić information content (AvgIpc) is 2.65. The number of rotatable bonds is 3. The summed E-state index contributed by atoms with van der Waals surface area (Å²) in [5, 5.41) is 0.536. The summed E-state index contributed by atoms with van der Waals surface area (Å²) in [7, 11) is 0. The van der Waals surface area contributed by atoms with Gasteiger partial charge in [-0.25, -0.2) is 4.98 Å². The Kier molecular flexibility index (Phi) is 3.02. The molecule has 0 unspecified atom stereocenters. The lowest BCUT2D eigenvalue weighted by molar-refractivity contribution is 0.945. The number of aromatic nitrogens is 3. The molecule has 15 heavy (non-hydrogen) atoms. The van der Waals surface area contributed by atoms with Crippen molar-refractivity contribution in [2.24, 2.45) is 0 Å². The van der Waals surface area contributed by atoms with Gasteiger partial charge in [-0.1, -0.05) is 11.8 Å². The number of thioether (sulfide) groups is 1. The first-order chi connectivity index (χ1) is 7.24. The Morgan fingerprint density at radius 2 is 2.47 bits per heavy atom. The number of hydrogen-bond donors (Lipinski definition) is 2. The molecule has 2 rings (SSSR count). The molecule has 0 fully saturated rings. The standard InChI is InChI=1S/C8H8N4OS2/c9-6-1-7(13)12-8(11-6)14-3-5-2-10-4-15-5/h1-2,4H,3H2,(H3,9,11,12,13). The first kappa shape index (κ1) is 10.2. The van der Waals surface area contributed by atoms with Crippen molar-refractivity contribution in [1.82, 2.24) is 15.0 Å². The van der Waals surface area contributed by atoms with Crippen LogP contribution in [0.25, 0.3) is 0 Å². The predicted octanol–water partition coefficient (Wildman–Crippen LogP) is 1.10. The molecule has 0 atom stereocenters. The minimum absolute atomic E-state index is 0.227. The third-order valence-corrected chi connectivity index (χ3v) is 3.46. The van der Waals surface area contributed by atoms with Crippen molar-refractivity contribution in [2.75, 3.05) is 5.73 Å². The fraction of sp³-hybridized carbons (Fsp3) is 0.125. The Morgan fingerprint density at radius 1 is 1.60 bits per heavy atom. The Morgan fingerprint density at radius 3 is 3.13 bits per heavy atom. The quantitative estimate of drug-likeness (QED) is 0.620. The summed E-state index contributed by atoms with van der Waals surface area (Å²) in [4.78, 5) is 22.8. The molecule has 0 radical (unpaired) electrons. The third-order valence-electron chi connectivity index (χ3n) is 1.57. The highest BCUT2D eigenvalue weighted by Crippen LogP contribution is 2.20. The molecule has 2 aromatic heterocycles. The molecule has 0 bridgehead atoms. The fourth-order valence-corrected chi connectivity index (χ4v) is 2.50. The maximum absolute atomic E-state index is 11.1. The summed E-state index contributed by atoms with van der Waals surface area (Å²) < 4.78 is 0. The molecule has 7 heteroatoms. The second kappa shape index (κ2) is 4.45. The summed E-state index contributed by atoms with van der Waals surface area (Å²) >= 11 is 3.00. The Hall–Kier alpha value is -1.34. The van der Waals surface area contributed by atoms with Gasteiger partial charge in [0.2, 0.25) is 0 Å². The van der Waals surface area contributed by atoms with Crippen LogP contribution in [0, 0.1) is 0 Å². The maximum Gasteiger partial charge on any atom is 0.253 e. The zero-order chi connectivity index (χ0) is 10.7. The molecule has 3 N–H and O–H groups in total. The molecule has 0 aromatic carbocycles. The second-order valence-corrected chi connectivity index (χ2v) is 4.67. The van der Waals surface area contributed by atoms with Gasteiger partial charge in [0.15, 0.2) is 5.16 Å². The molecule has 0 amide bonds. The van der Waals surface area contributed by atoms with E-state index in [2.05, 4.69) is 15.0 Å². The van der Waals surface area contributed by atoms with Crippen LogP contribution >= 0.6 is 23.1 Å². The fourth-order valence-electron chi connectivity index (χ4n) is 0.975. The van der Waals surface area contributed by atoms with Gasteiger partial charge >= 0.3 is 0 Å². The number of nitrogens with two attached hydrogens (primary N) is 1. The van der Waals surface area contributed by atoms with Gasteiger partial charge in [0.25, 0.3) is 5.56 Å². The topological polar surface area (TPSA) is 84.7 Å². The van der Waals surface area contributed by atoms with Gasteiger partial charge in [-0.15, -0.1) is 11.3 Å². The van der Waals surface area contributed by atoms with Gasteiger partial charge in [0.1, 0.15) is 5.82 Å². The van der Waals surface area contributed by atoms with Crippen molar-refractivity contribution in [3.05, 3.63) is 33.0 Å². The lowest BCUT2D eigenvalue weighted by Gasteiger charge is -1.98. The van der Waals surface area contributed by atoms with Crippen LogP contribution in [0.15, 0.2) is 27.7 Å². The number of thiazole rings is 1. The molecule has 0 saturated carbocycles. The van der Waals surface area contributed by atoms with E-state index in [0.29, 0.717) is 5.16 Å². The normalized spacial score (nSPS) is 10.4. The first-order valence-electron chi connectivity index (χ1n) is 4.11. The van der Waals surface area contributed by atoms with Crippen LogP contribution in [-0.2, 0) is 5.75 Å². The van der Waals surface area contributed by atoms with Crippen LogP contribution in [-0.4, -0.2) is 15.0 Å². The SMILES string of the molecule is Nc1cc(=O)[nH]c(SCc2cncs2)n1. The van der Waals surface area contributed by atoms with Gasteiger partial charge in [0.05, 0.1) is 5.51 Å². The number of aromatic amines is 1. The zero-order valence-corrected chi connectivity index (χ0v) is 9.27. The van der Waals surface area contributed by atoms with Crippen molar-refractivity contribution < 1.29 is 0 Å². The molecule has 5 nitrogen and oxygen atoms in total. The van der Waals surface area contributed by atoms with Crippen LogP contribution in [0.3, 0.4) is 0 Å². The van der Waals surface area contributed by atoms with E-state index in [1.165, 1.54) is 17.8 Å². The number of anilines is 1. The summed E-state index contributed by atoms with van der Waals surface area (Å²) in [6.07, 6.45) is 1.79. The Bertz CT molecular complexity index is 494. The molecule has 0 aliphatic carbocycles. The van der Waals surface area contributed by atoms with Crippen LogP contribution < -0.4 is 11.3 Å². The number of nitrogens with one attached hydrogen (secondary N) is 1.